The van der Waals surface area contributed by atoms with Crippen molar-refractivity contribution in [1.82, 2.24) is 4.90 Å². The van der Waals surface area contributed by atoms with Gasteiger partial charge in [0, 0.05) is 29.0 Å². The molecule has 3 aromatic rings. The Labute approximate surface area is 194 Å². The Bertz CT molecular complexity index is 1300. The third kappa shape index (κ3) is 5.13. The van der Waals surface area contributed by atoms with Crippen molar-refractivity contribution in [1.29, 1.82) is 0 Å². The van der Waals surface area contributed by atoms with E-state index >= 15 is 0 Å². The number of amidine groups is 1. The number of hydrogen-bond acceptors (Lipinski definition) is 5. The number of benzene rings is 3. The van der Waals surface area contributed by atoms with Gasteiger partial charge in [-0.1, -0.05) is 38.1 Å². The van der Waals surface area contributed by atoms with E-state index in [2.05, 4.69) is 39.8 Å². The molecule has 7 nitrogen and oxygen atoms in total. The maximum atomic E-state index is 12.7. The Hall–Kier alpha value is -3.49. The predicted molar refractivity (Wildman–Crippen MR) is 131 cm³/mol. The number of amides is 1. The van der Waals surface area contributed by atoms with Crippen LogP contribution in [0.1, 0.15) is 35.3 Å². The largest absolute Gasteiger partial charge is 0.339 e. The fourth-order valence-corrected chi connectivity index (χ4v) is 4.87. The zero-order valence-corrected chi connectivity index (χ0v) is 19.4. The first kappa shape index (κ1) is 22.7. The number of fused-ring (bicyclic) bond motifs is 1. The molecule has 2 N–H and O–H groups in total. The summed E-state index contributed by atoms with van der Waals surface area (Å²) < 4.78 is 28.2. The molecule has 0 aromatic heterocycles. The van der Waals surface area contributed by atoms with Gasteiger partial charge in [0.05, 0.1) is 0 Å². The van der Waals surface area contributed by atoms with E-state index in [-0.39, 0.29) is 16.6 Å². The van der Waals surface area contributed by atoms with Gasteiger partial charge in [-0.05, 0) is 67.2 Å². The van der Waals surface area contributed by atoms with Gasteiger partial charge < -0.3 is 10.6 Å². The van der Waals surface area contributed by atoms with Crippen LogP contribution in [0.2, 0.25) is 0 Å². The average molecular weight is 463 g/mol. The molecule has 0 radical (unpaired) electrons. The monoisotopic (exact) mass is 462 g/mol. The molecule has 1 aliphatic rings. The number of hydrogen-bond donors (Lipinski definition) is 2. The minimum absolute atomic E-state index is 0.187. The lowest BCUT2D eigenvalue weighted by molar-refractivity contribution is 0.102. The van der Waals surface area contributed by atoms with Gasteiger partial charge in [0.15, 0.2) is 5.84 Å². The molecule has 1 amide bonds. The van der Waals surface area contributed by atoms with Crippen LogP contribution in [0.3, 0.4) is 0 Å². The highest BCUT2D eigenvalue weighted by Crippen LogP contribution is 2.26. The van der Waals surface area contributed by atoms with Crippen molar-refractivity contribution in [2.45, 2.75) is 25.3 Å². The fourth-order valence-electron chi connectivity index (χ4n) is 3.69. The van der Waals surface area contributed by atoms with Gasteiger partial charge in [0.1, 0.15) is 4.90 Å². The molecule has 0 fully saturated rings. The molecule has 3 aromatic carbocycles. The molecule has 33 heavy (non-hydrogen) atoms. The summed E-state index contributed by atoms with van der Waals surface area (Å²) in [6.45, 7) is 7.03. The van der Waals surface area contributed by atoms with E-state index in [1.165, 1.54) is 6.07 Å². The smallest absolute Gasteiger partial charge is 0.285 e. The number of carbonyl (C=O) groups excluding carboxylic acids is 1. The van der Waals surface area contributed by atoms with Crippen LogP contribution in [0.15, 0.2) is 82.1 Å². The van der Waals surface area contributed by atoms with Gasteiger partial charge >= 0.3 is 0 Å². The van der Waals surface area contributed by atoms with Crippen molar-refractivity contribution in [3.8, 4) is 0 Å². The first-order valence-electron chi connectivity index (χ1n) is 10.8. The van der Waals surface area contributed by atoms with Crippen molar-refractivity contribution in [3.63, 3.8) is 0 Å². The number of nitrogens with zero attached hydrogens (tertiary/aromatic N) is 2. The lowest BCUT2D eigenvalue weighted by Crippen LogP contribution is -2.22. The Morgan fingerprint density at radius 1 is 0.909 bits per heavy atom. The molecule has 0 aliphatic carbocycles. The van der Waals surface area contributed by atoms with Crippen molar-refractivity contribution in [2.24, 2.45) is 4.40 Å². The van der Waals surface area contributed by atoms with Crippen molar-refractivity contribution < 1.29 is 13.2 Å². The first-order chi connectivity index (χ1) is 15.9. The summed E-state index contributed by atoms with van der Waals surface area (Å²) in [5, 5.41) is 5.98. The maximum absolute atomic E-state index is 12.7. The maximum Gasteiger partial charge on any atom is 0.285 e. The molecular formula is C25H26N4O3S. The Morgan fingerprint density at radius 2 is 1.64 bits per heavy atom. The molecule has 0 atom stereocenters. The van der Waals surface area contributed by atoms with Crippen LogP contribution in [0.5, 0.6) is 0 Å². The zero-order chi connectivity index (χ0) is 23.4. The molecule has 0 saturated heterocycles. The summed E-state index contributed by atoms with van der Waals surface area (Å²) in [6.07, 6.45) is 0. The molecule has 0 bridgehead atoms. The number of anilines is 2. The minimum atomic E-state index is -3.69. The molecule has 0 unspecified atom stereocenters. The van der Waals surface area contributed by atoms with Crippen LogP contribution < -0.4 is 10.6 Å². The van der Waals surface area contributed by atoms with E-state index in [9.17, 15) is 13.2 Å². The number of sulfonamides is 1. The lowest BCUT2D eigenvalue weighted by Gasteiger charge is -2.18. The Balaban J connectivity index is 1.43. The average Bonchev–Trinajstić information content (AvgIpc) is 3.08. The minimum Gasteiger partial charge on any atom is -0.339 e. The van der Waals surface area contributed by atoms with Gasteiger partial charge in [-0.25, -0.2) is 0 Å². The molecule has 4 rings (SSSR count). The molecule has 170 valence electrons. The fraction of sp³-hybridized carbons (Fsp3) is 0.200. The standard InChI is InChI=1S/C25H26N4O3S/c1-3-29(4-2)17-18-8-7-9-21(16-18)27-25(30)19-12-14-20(15-13-19)26-24-22-10-5-6-11-23(22)33(31,32)28-24/h5-16H,3-4,17H2,1-2H3,(H,26,28)(H,27,30). The lowest BCUT2D eigenvalue weighted by atomic mass is 10.1. The third-order valence-corrected chi connectivity index (χ3v) is 6.86. The summed E-state index contributed by atoms with van der Waals surface area (Å²) in [5.74, 6) is 0.0560. The highest BCUT2D eigenvalue weighted by molar-refractivity contribution is 7.90. The van der Waals surface area contributed by atoms with E-state index in [0.29, 0.717) is 16.8 Å². The van der Waals surface area contributed by atoms with Crippen molar-refractivity contribution >= 4 is 33.1 Å². The van der Waals surface area contributed by atoms with Crippen molar-refractivity contribution in [2.75, 3.05) is 23.7 Å². The van der Waals surface area contributed by atoms with Crippen LogP contribution in [-0.2, 0) is 16.6 Å². The first-order valence-corrected chi connectivity index (χ1v) is 12.3. The molecule has 1 heterocycles. The second kappa shape index (κ2) is 9.56. The van der Waals surface area contributed by atoms with E-state index in [4.69, 9.17) is 0 Å². The molecule has 8 heteroatoms. The van der Waals surface area contributed by atoms with E-state index < -0.39 is 10.0 Å². The summed E-state index contributed by atoms with van der Waals surface area (Å²) >= 11 is 0. The van der Waals surface area contributed by atoms with Gasteiger partial charge in [-0.3, -0.25) is 9.69 Å². The van der Waals surface area contributed by atoms with Crippen LogP contribution in [0.25, 0.3) is 0 Å². The van der Waals surface area contributed by atoms with E-state index in [1.807, 2.05) is 18.2 Å². The van der Waals surface area contributed by atoms with Crippen molar-refractivity contribution in [3.05, 3.63) is 89.5 Å². The summed E-state index contributed by atoms with van der Waals surface area (Å²) in [4.78, 5) is 15.2. The summed E-state index contributed by atoms with van der Waals surface area (Å²) in [6, 6.07) is 21.4. The zero-order valence-electron chi connectivity index (χ0n) is 18.6. The normalized spacial score (nSPS) is 14.0. The van der Waals surface area contributed by atoms with E-state index in [0.717, 1.165) is 30.9 Å². The van der Waals surface area contributed by atoms with Crippen LogP contribution in [-0.4, -0.2) is 38.2 Å². The quantitative estimate of drug-likeness (QED) is 0.545. The van der Waals surface area contributed by atoms with Crippen LogP contribution >= 0.6 is 0 Å². The second-order valence-electron chi connectivity index (χ2n) is 7.73. The Kier molecular flexibility index (Phi) is 6.57. The molecule has 1 aliphatic heterocycles. The summed E-state index contributed by atoms with van der Waals surface area (Å²) in [7, 11) is -3.69. The molecule has 0 saturated carbocycles. The number of rotatable bonds is 7. The highest BCUT2D eigenvalue weighted by Gasteiger charge is 2.28. The highest BCUT2D eigenvalue weighted by atomic mass is 32.2. The molecule has 0 spiro atoms. The number of carbonyl (C=O) groups is 1. The number of nitrogens with one attached hydrogen (secondary N) is 2. The van der Waals surface area contributed by atoms with Gasteiger partial charge in [-0.2, -0.15) is 8.42 Å². The van der Waals surface area contributed by atoms with E-state index in [1.54, 1.807) is 42.5 Å². The SMILES string of the molecule is CCN(CC)Cc1cccc(NC(=O)c2ccc(NC3=NS(=O)(=O)c4ccccc43)cc2)c1. The van der Waals surface area contributed by atoms with Crippen LogP contribution in [0, 0.1) is 0 Å². The third-order valence-electron chi connectivity index (χ3n) is 5.53. The molecular weight excluding hydrogens is 436 g/mol. The predicted octanol–water partition coefficient (Wildman–Crippen LogP) is 4.34. The van der Waals surface area contributed by atoms with Gasteiger partial charge in [0.25, 0.3) is 15.9 Å². The van der Waals surface area contributed by atoms with Crippen LogP contribution in [0.4, 0.5) is 11.4 Å². The van der Waals surface area contributed by atoms with Gasteiger partial charge in [-0.15, -0.1) is 4.40 Å². The topological polar surface area (TPSA) is 90.9 Å². The van der Waals surface area contributed by atoms with Gasteiger partial charge in [0.2, 0.25) is 0 Å². The Morgan fingerprint density at radius 3 is 2.36 bits per heavy atom. The second-order valence-corrected chi connectivity index (χ2v) is 9.30. The summed E-state index contributed by atoms with van der Waals surface area (Å²) in [5.41, 5.74) is 3.55.